The highest BCUT2D eigenvalue weighted by atomic mass is 19.1. The molecule has 0 aliphatic carbocycles. The van der Waals surface area contributed by atoms with Crippen molar-refractivity contribution in [2.75, 3.05) is 45.2 Å². The lowest BCUT2D eigenvalue weighted by Crippen LogP contribution is -2.49. The van der Waals surface area contributed by atoms with Gasteiger partial charge in [-0.3, -0.25) is 4.90 Å². The molecule has 6 nitrogen and oxygen atoms in total. The van der Waals surface area contributed by atoms with Crippen LogP contribution in [0.1, 0.15) is 24.0 Å². The van der Waals surface area contributed by atoms with Gasteiger partial charge in [0.1, 0.15) is 13.3 Å². The molecule has 9 heteroatoms. The molecule has 33 heavy (non-hydrogen) atoms. The number of phenols is 1. The van der Waals surface area contributed by atoms with Crippen molar-refractivity contribution < 1.29 is 32.5 Å². The van der Waals surface area contributed by atoms with Crippen molar-refractivity contribution in [2.24, 2.45) is 0 Å². The van der Waals surface area contributed by atoms with E-state index in [1.807, 2.05) is 6.07 Å². The zero-order chi connectivity index (χ0) is 23.4. The average molecular weight is 467 g/mol. The lowest BCUT2D eigenvalue weighted by molar-refractivity contribution is 0.0792. The fourth-order valence-electron chi connectivity index (χ4n) is 4.43. The summed E-state index contributed by atoms with van der Waals surface area (Å²) >= 11 is 0. The highest BCUT2D eigenvalue weighted by Crippen LogP contribution is 2.37. The number of methoxy groups -OCH3 is 1. The van der Waals surface area contributed by atoms with Crippen LogP contribution in [-0.2, 0) is 17.8 Å². The molecule has 2 heterocycles. The molecule has 0 spiro atoms. The van der Waals surface area contributed by atoms with Gasteiger partial charge in [0.05, 0.1) is 13.8 Å². The molecular weight excluding hydrogens is 437 g/mol. The van der Waals surface area contributed by atoms with Gasteiger partial charge in [0.15, 0.2) is 29.2 Å². The van der Waals surface area contributed by atoms with Crippen molar-refractivity contribution in [1.29, 1.82) is 0 Å². The highest BCUT2D eigenvalue weighted by Gasteiger charge is 2.31. The Labute approximate surface area is 191 Å². The lowest BCUT2D eigenvalue weighted by Gasteiger charge is -2.44. The maximum Gasteiger partial charge on any atom is 0.167 e. The van der Waals surface area contributed by atoms with Crippen LogP contribution in [0.3, 0.4) is 0 Å². The number of hydrogen-bond donors (Lipinski definition) is 1. The standard InChI is InChI=1S/C24H29F3N2O4/c1-31-24-8-16(2-3-22(24)30)13-28-14-17-9-23(33-19(11-25)12-26)20(27)10-21(17)29(15-28)18-4-6-32-7-5-18/h2-3,8-10,18-19,30H,4-7,11-15H2,1H3. The molecule has 2 aliphatic heterocycles. The van der Waals surface area contributed by atoms with Gasteiger partial charge in [0, 0.05) is 44.1 Å². The predicted molar refractivity (Wildman–Crippen MR) is 118 cm³/mol. The third-order valence-corrected chi connectivity index (χ3v) is 6.11. The first-order chi connectivity index (χ1) is 16.0. The Morgan fingerprint density at radius 1 is 1.12 bits per heavy atom. The quantitative estimate of drug-likeness (QED) is 0.630. The highest BCUT2D eigenvalue weighted by molar-refractivity contribution is 5.59. The average Bonchev–Trinajstić information content (AvgIpc) is 2.84. The molecule has 0 atom stereocenters. The molecule has 4 rings (SSSR count). The number of halogens is 3. The number of anilines is 1. The first-order valence-corrected chi connectivity index (χ1v) is 11.1. The van der Waals surface area contributed by atoms with Gasteiger partial charge in [0.2, 0.25) is 0 Å². The van der Waals surface area contributed by atoms with Crippen molar-refractivity contribution >= 4 is 5.69 Å². The summed E-state index contributed by atoms with van der Waals surface area (Å²) < 4.78 is 56.8. The van der Waals surface area contributed by atoms with E-state index in [9.17, 15) is 18.3 Å². The topological polar surface area (TPSA) is 54.4 Å². The van der Waals surface area contributed by atoms with Crippen LogP contribution >= 0.6 is 0 Å². The Balaban J connectivity index is 1.63. The first-order valence-electron chi connectivity index (χ1n) is 11.1. The minimum atomic E-state index is -1.33. The van der Waals surface area contributed by atoms with Crippen LogP contribution in [0, 0.1) is 5.82 Å². The Morgan fingerprint density at radius 2 is 1.88 bits per heavy atom. The summed E-state index contributed by atoms with van der Waals surface area (Å²) in [5.41, 5.74) is 2.54. The Hall–Kier alpha value is -2.65. The summed E-state index contributed by atoms with van der Waals surface area (Å²) in [6.45, 7) is 0.879. The van der Waals surface area contributed by atoms with Crippen molar-refractivity contribution in [1.82, 2.24) is 4.90 Å². The number of benzene rings is 2. The van der Waals surface area contributed by atoms with Gasteiger partial charge in [-0.05, 0) is 42.2 Å². The van der Waals surface area contributed by atoms with Crippen LogP contribution in [0.25, 0.3) is 0 Å². The molecule has 0 radical (unpaired) electrons. The van der Waals surface area contributed by atoms with E-state index in [1.165, 1.54) is 13.2 Å². The molecule has 0 amide bonds. The summed E-state index contributed by atoms with van der Waals surface area (Å²) in [6, 6.07) is 8.37. The largest absolute Gasteiger partial charge is 0.504 e. The molecule has 1 N–H and O–H groups in total. The summed E-state index contributed by atoms with van der Waals surface area (Å²) in [5.74, 6) is -0.308. The Kier molecular flexibility index (Phi) is 7.49. The molecule has 1 fully saturated rings. The molecule has 0 aromatic heterocycles. The monoisotopic (exact) mass is 466 g/mol. The number of hydrogen-bond acceptors (Lipinski definition) is 6. The van der Waals surface area contributed by atoms with E-state index < -0.39 is 25.3 Å². The van der Waals surface area contributed by atoms with Gasteiger partial charge in [0.25, 0.3) is 0 Å². The van der Waals surface area contributed by atoms with Gasteiger partial charge in [-0.1, -0.05) is 6.07 Å². The third-order valence-electron chi connectivity index (χ3n) is 6.11. The van der Waals surface area contributed by atoms with E-state index in [0.717, 1.165) is 29.7 Å². The van der Waals surface area contributed by atoms with E-state index >= 15 is 0 Å². The van der Waals surface area contributed by atoms with E-state index in [1.54, 1.807) is 18.2 Å². The summed E-state index contributed by atoms with van der Waals surface area (Å²) in [4.78, 5) is 4.36. The van der Waals surface area contributed by atoms with E-state index in [-0.39, 0.29) is 17.5 Å². The molecule has 0 bridgehead atoms. The SMILES string of the molecule is COc1cc(CN2Cc3cc(OC(CF)CF)c(F)cc3N(C3CCOCC3)C2)ccc1O. The number of nitrogens with zero attached hydrogens (tertiary/aromatic N) is 2. The molecule has 2 aliphatic rings. The number of aromatic hydroxyl groups is 1. The van der Waals surface area contributed by atoms with Crippen molar-refractivity contribution in [3.8, 4) is 17.2 Å². The second kappa shape index (κ2) is 10.5. The second-order valence-corrected chi connectivity index (χ2v) is 8.41. The van der Waals surface area contributed by atoms with Crippen LogP contribution in [0.2, 0.25) is 0 Å². The maximum atomic E-state index is 14.8. The minimum absolute atomic E-state index is 0.0709. The third kappa shape index (κ3) is 5.30. The molecule has 2 aromatic carbocycles. The Bertz CT molecular complexity index is 952. The zero-order valence-electron chi connectivity index (χ0n) is 18.6. The normalized spacial score (nSPS) is 17.3. The van der Waals surface area contributed by atoms with Crippen LogP contribution in [-0.4, -0.2) is 62.5 Å². The van der Waals surface area contributed by atoms with Crippen molar-refractivity contribution in [3.63, 3.8) is 0 Å². The van der Waals surface area contributed by atoms with Gasteiger partial charge >= 0.3 is 0 Å². The van der Waals surface area contributed by atoms with Gasteiger partial charge in [-0.15, -0.1) is 0 Å². The number of rotatable bonds is 8. The predicted octanol–water partition coefficient (Wildman–Crippen LogP) is 4.19. The summed E-state index contributed by atoms with van der Waals surface area (Å²) in [5, 5.41) is 9.89. The fraction of sp³-hybridized carbons (Fsp3) is 0.500. The molecule has 2 aromatic rings. The number of phenolic OH excluding ortho intramolecular Hbond substituents is 1. The number of alkyl halides is 2. The smallest absolute Gasteiger partial charge is 0.167 e. The fourth-order valence-corrected chi connectivity index (χ4v) is 4.43. The number of ether oxygens (including phenoxy) is 3. The van der Waals surface area contributed by atoms with Crippen LogP contribution in [0.15, 0.2) is 30.3 Å². The van der Waals surface area contributed by atoms with Crippen LogP contribution in [0.4, 0.5) is 18.9 Å². The van der Waals surface area contributed by atoms with Crippen LogP contribution < -0.4 is 14.4 Å². The van der Waals surface area contributed by atoms with Crippen LogP contribution in [0.5, 0.6) is 17.2 Å². The Morgan fingerprint density at radius 3 is 2.58 bits per heavy atom. The first kappa shape index (κ1) is 23.5. The molecular formula is C24H29F3N2O4. The lowest BCUT2D eigenvalue weighted by atomic mass is 10.0. The molecule has 0 saturated carbocycles. The van der Waals surface area contributed by atoms with Gasteiger partial charge in [-0.2, -0.15) is 0 Å². The van der Waals surface area contributed by atoms with Gasteiger partial charge < -0.3 is 24.2 Å². The summed E-state index contributed by atoms with van der Waals surface area (Å²) in [6.07, 6.45) is 0.325. The van der Waals surface area contributed by atoms with E-state index in [4.69, 9.17) is 14.2 Å². The summed E-state index contributed by atoms with van der Waals surface area (Å²) in [7, 11) is 1.50. The molecule has 1 saturated heterocycles. The van der Waals surface area contributed by atoms with E-state index in [2.05, 4.69) is 9.80 Å². The van der Waals surface area contributed by atoms with E-state index in [0.29, 0.717) is 38.7 Å². The molecule has 0 unspecified atom stereocenters. The van der Waals surface area contributed by atoms with Gasteiger partial charge in [-0.25, -0.2) is 13.2 Å². The zero-order valence-corrected chi connectivity index (χ0v) is 18.6. The minimum Gasteiger partial charge on any atom is -0.504 e. The van der Waals surface area contributed by atoms with Crippen molar-refractivity contribution in [2.45, 2.75) is 38.1 Å². The van der Waals surface area contributed by atoms with Crippen molar-refractivity contribution in [3.05, 3.63) is 47.3 Å². The second-order valence-electron chi connectivity index (χ2n) is 8.41. The number of fused-ring (bicyclic) bond motifs is 1. The molecule has 180 valence electrons. The maximum absolute atomic E-state index is 14.8.